The molecule has 0 aliphatic rings. The van der Waals surface area contributed by atoms with Gasteiger partial charge in [-0.2, -0.15) is 0 Å². The molecular weight excluding hydrogens is 220 g/mol. The summed E-state index contributed by atoms with van der Waals surface area (Å²) in [7, 11) is 0. The summed E-state index contributed by atoms with van der Waals surface area (Å²) >= 11 is 0. The number of aromatic nitrogens is 1. The van der Waals surface area contributed by atoms with Crippen LogP contribution in [0.2, 0.25) is 0 Å². The highest BCUT2D eigenvalue weighted by molar-refractivity contribution is 5.65. The maximum atomic E-state index is 4.55. The van der Waals surface area contributed by atoms with E-state index >= 15 is 0 Å². The molecule has 0 atom stereocenters. The molecule has 0 aliphatic carbocycles. The zero-order chi connectivity index (χ0) is 13.0. The van der Waals surface area contributed by atoms with Gasteiger partial charge in [0.1, 0.15) is 5.82 Å². The van der Waals surface area contributed by atoms with Gasteiger partial charge in [-0.3, -0.25) is 0 Å². The molecule has 0 spiro atoms. The Morgan fingerprint density at radius 3 is 2.44 bits per heavy atom. The van der Waals surface area contributed by atoms with Crippen LogP contribution >= 0.6 is 0 Å². The van der Waals surface area contributed by atoms with Crippen molar-refractivity contribution in [2.24, 2.45) is 0 Å². The number of anilines is 1. The molecule has 0 aliphatic heterocycles. The first-order valence-corrected chi connectivity index (χ1v) is 6.51. The molecule has 0 saturated carbocycles. The molecule has 0 fully saturated rings. The molecule has 2 rings (SSSR count). The van der Waals surface area contributed by atoms with E-state index in [9.17, 15) is 0 Å². The van der Waals surface area contributed by atoms with Gasteiger partial charge in [0.05, 0.1) is 0 Å². The van der Waals surface area contributed by atoms with Gasteiger partial charge in [0.15, 0.2) is 0 Å². The van der Waals surface area contributed by atoms with Crippen LogP contribution in [0.15, 0.2) is 42.6 Å². The summed E-state index contributed by atoms with van der Waals surface area (Å²) < 4.78 is 0. The Labute approximate surface area is 109 Å². The highest BCUT2D eigenvalue weighted by Gasteiger charge is 2.06. The molecule has 1 heterocycles. The van der Waals surface area contributed by atoms with E-state index in [0.717, 1.165) is 12.2 Å². The number of hydrogen-bond acceptors (Lipinski definition) is 2. The molecule has 1 aromatic carbocycles. The molecule has 94 valence electrons. The monoisotopic (exact) mass is 240 g/mol. The fourth-order valence-corrected chi connectivity index (χ4v) is 1.97. The summed E-state index contributed by atoms with van der Waals surface area (Å²) in [6, 6.07) is 13.0. The van der Waals surface area contributed by atoms with Gasteiger partial charge in [-0.1, -0.05) is 37.3 Å². The lowest BCUT2D eigenvalue weighted by Gasteiger charge is -2.14. The van der Waals surface area contributed by atoms with E-state index in [1.807, 2.05) is 12.3 Å². The number of hydrogen-bond donors (Lipinski definition) is 1. The van der Waals surface area contributed by atoms with E-state index in [0.29, 0.717) is 6.04 Å². The number of rotatable bonds is 4. The van der Waals surface area contributed by atoms with Crippen molar-refractivity contribution < 1.29 is 0 Å². The fraction of sp³-hybridized carbons (Fsp3) is 0.312. The average molecular weight is 240 g/mol. The van der Waals surface area contributed by atoms with Gasteiger partial charge in [-0.15, -0.1) is 0 Å². The van der Waals surface area contributed by atoms with E-state index in [-0.39, 0.29) is 0 Å². The third-order valence-electron chi connectivity index (χ3n) is 2.88. The predicted molar refractivity (Wildman–Crippen MR) is 77.8 cm³/mol. The number of benzene rings is 1. The molecule has 1 aromatic heterocycles. The summed E-state index contributed by atoms with van der Waals surface area (Å²) in [5.41, 5.74) is 3.67. The second kappa shape index (κ2) is 5.67. The summed E-state index contributed by atoms with van der Waals surface area (Å²) in [4.78, 5) is 4.55. The topological polar surface area (TPSA) is 24.9 Å². The Morgan fingerprint density at radius 1 is 1.11 bits per heavy atom. The summed E-state index contributed by atoms with van der Waals surface area (Å²) in [5.74, 6) is 1.01. The highest BCUT2D eigenvalue weighted by atomic mass is 15.0. The number of nitrogens with zero attached hydrogens (tertiary/aromatic N) is 1. The molecule has 1 N–H and O–H groups in total. The van der Waals surface area contributed by atoms with E-state index < -0.39 is 0 Å². The number of nitrogens with one attached hydrogen (secondary N) is 1. The molecule has 2 nitrogen and oxygen atoms in total. The molecule has 18 heavy (non-hydrogen) atoms. The second-order valence-corrected chi connectivity index (χ2v) is 4.75. The first kappa shape index (κ1) is 12.6. The minimum atomic E-state index is 0.408. The molecule has 2 aromatic rings. The van der Waals surface area contributed by atoms with Crippen LogP contribution in [0.4, 0.5) is 5.82 Å². The fourth-order valence-electron chi connectivity index (χ4n) is 1.97. The van der Waals surface area contributed by atoms with Gasteiger partial charge in [-0.25, -0.2) is 4.98 Å². The summed E-state index contributed by atoms with van der Waals surface area (Å²) in [5, 5.41) is 3.39. The normalized spacial score (nSPS) is 10.7. The lowest BCUT2D eigenvalue weighted by atomic mass is 10.0. The van der Waals surface area contributed by atoms with Crippen molar-refractivity contribution in [3.8, 4) is 11.1 Å². The highest BCUT2D eigenvalue weighted by Crippen LogP contribution is 2.23. The Kier molecular flexibility index (Phi) is 3.98. The quantitative estimate of drug-likeness (QED) is 0.869. The lowest BCUT2D eigenvalue weighted by Crippen LogP contribution is -2.12. The SMILES string of the molecule is CCc1cc(-c2ccccc2)cnc1NC(C)C. The van der Waals surface area contributed by atoms with Crippen molar-refractivity contribution >= 4 is 5.82 Å². The smallest absolute Gasteiger partial charge is 0.129 e. The Morgan fingerprint density at radius 2 is 1.83 bits per heavy atom. The van der Waals surface area contributed by atoms with E-state index in [1.54, 1.807) is 0 Å². The molecule has 0 radical (unpaired) electrons. The summed E-state index contributed by atoms with van der Waals surface area (Å²) in [6.45, 7) is 6.43. The second-order valence-electron chi connectivity index (χ2n) is 4.75. The number of pyridine rings is 1. The van der Waals surface area contributed by atoms with Crippen molar-refractivity contribution in [1.29, 1.82) is 0 Å². The average Bonchev–Trinajstić information content (AvgIpc) is 2.39. The van der Waals surface area contributed by atoms with Crippen LogP contribution in [-0.4, -0.2) is 11.0 Å². The minimum absolute atomic E-state index is 0.408. The van der Waals surface area contributed by atoms with Crippen molar-refractivity contribution in [2.45, 2.75) is 33.2 Å². The maximum absolute atomic E-state index is 4.55. The van der Waals surface area contributed by atoms with Crippen molar-refractivity contribution in [3.63, 3.8) is 0 Å². The van der Waals surface area contributed by atoms with Crippen molar-refractivity contribution in [3.05, 3.63) is 48.2 Å². The Balaban J connectivity index is 2.36. The molecule has 0 saturated heterocycles. The van der Waals surface area contributed by atoms with Gasteiger partial charge in [0.25, 0.3) is 0 Å². The van der Waals surface area contributed by atoms with Crippen LogP contribution < -0.4 is 5.32 Å². The summed E-state index contributed by atoms with van der Waals surface area (Å²) in [6.07, 6.45) is 2.93. The Bertz CT molecular complexity index is 504. The first-order chi connectivity index (χ1) is 8.70. The minimum Gasteiger partial charge on any atom is -0.368 e. The Hall–Kier alpha value is -1.83. The molecule has 0 unspecified atom stereocenters. The lowest BCUT2D eigenvalue weighted by molar-refractivity contribution is 0.881. The van der Waals surface area contributed by atoms with E-state index in [1.165, 1.54) is 16.7 Å². The van der Waals surface area contributed by atoms with Crippen LogP contribution in [0.1, 0.15) is 26.3 Å². The predicted octanol–water partition coefficient (Wildman–Crippen LogP) is 4.13. The molecule has 0 amide bonds. The van der Waals surface area contributed by atoms with Crippen LogP contribution in [0, 0.1) is 0 Å². The third kappa shape index (κ3) is 2.89. The third-order valence-corrected chi connectivity index (χ3v) is 2.88. The molecule has 2 heteroatoms. The standard InChI is InChI=1S/C16H20N2/c1-4-13-10-15(14-8-6-5-7-9-14)11-17-16(13)18-12(2)3/h5-12H,4H2,1-3H3,(H,17,18). The first-order valence-electron chi connectivity index (χ1n) is 6.51. The molecular formula is C16H20N2. The van der Waals surface area contributed by atoms with Crippen molar-refractivity contribution in [1.82, 2.24) is 4.98 Å². The largest absolute Gasteiger partial charge is 0.368 e. The zero-order valence-corrected chi connectivity index (χ0v) is 11.3. The van der Waals surface area contributed by atoms with Gasteiger partial charge in [0, 0.05) is 17.8 Å². The number of aryl methyl sites for hydroxylation is 1. The van der Waals surface area contributed by atoms with Gasteiger partial charge in [-0.05, 0) is 37.5 Å². The van der Waals surface area contributed by atoms with Gasteiger partial charge in [0.2, 0.25) is 0 Å². The maximum Gasteiger partial charge on any atom is 0.129 e. The van der Waals surface area contributed by atoms with Crippen LogP contribution in [0.25, 0.3) is 11.1 Å². The van der Waals surface area contributed by atoms with Crippen LogP contribution in [0.5, 0.6) is 0 Å². The van der Waals surface area contributed by atoms with E-state index in [4.69, 9.17) is 0 Å². The van der Waals surface area contributed by atoms with Gasteiger partial charge < -0.3 is 5.32 Å². The van der Waals surface area contributed by atoms with Crippen LogP contribution in [-0.2, 0) is 6.42 Å². The van der Waals surface area contributed by atoms with Crippen LogP contribution in [0.3, 0.4) is 0 Å². The molecule has 0 bridgehead atoms. The van der Waals surface area contributed by atoms with Crippen molar-refractivity contribution in [2.75, 3.05) is 5.32 Å². The zero-order valence-electron chi connectivity index (χ0n) is 11.3. The van der Waals surface area contributed by atoms with Gasteiger partial charge >= 0.3 is 0 Å². The van der Waals surface area contributed by atoms with E-state index in [2.05, 4.69) is 61.4 Å².